The molecule has 0 saturated carbocycles. The number of hydrogen-bond acceptors (Lipinski definition) is 4. The highest BCUT2D eigenvalue weighted by Crippen LogP contribution is 2.26. The van der Waals surface area contributed by atoms with Crippen molar-refractivity contribution >= 4 is 55.1 Å². The minimum absolute atomic E-state index is 0.0581. The van der Waals surface area contributed by atoms with Crippen LogP contribution in [0.4, 0.5) is 5.69 Å². The Labute approximate surface area is 238 Å². The van der Waals surface area contributed by atoms with Crippen LogP contribution in [-0.2, 0) is 26.2 Å². The standard InChI is InChI=1S/C28H31BrClN3O4S/c1-20(2)17-31-28(35)21(3)32(18-22-9-13-24(30)14-10-22)27(34)19-33(25-15-11-23(29)12-16-25)38(36,37)26-7-5-4-6-8-26/h4-16,20-21H,17-19H2,1-3H3,(H,31,35). The molecule has 0 aliphatic rings. The summed E-state index contributed by atoms with van der Waals surface area (Å²) in [6, 6.07) is 20.7. The zero-order chi connectivity index (χ0) is 27.9. The van der Waals surface area contributed by atoms with Gasteiger partial charge in [0.15, 0.2) is 0 Å². The van der Waals surface area contributed by atoms with Crippen LogP contribution in [0.5, 0.6) is 0 Å². The van der Waals surface area contributed by atoms with Gasteiger partial charge >= 0.3 is 0 Å². The van der Waals surface area contributed by atoms with E-state index in [0.29, 0.717) is 17.3 Å². The summed E-state index contributed by atoms with van der Waals surface area (Å²) in [5.41, 5.74) is 1.08. The number of amides is 2. The third-order valence-electron chi connectivity index (χ3n) is 5.84. The van der Waals surface area contributed by atoms with Crippen LogP contribution in [0.3, 0.4) is 0 Å². The van der Waals surface area contributed by atoms with Crippen molar-refractivity contribution in [2.75, 3.05) is 17.4 Å². The summed E-state index contributed by atoms with van der Waals surface area (Å²) in [6.07, 6.45) is 0. The molecule has 0 radical (unpaired) electrons. The first-order valence-corrected chi connectivity index (χ1v) is 14.7. The molecule has 0 bridgehead atoms. The van der Waals surface area contributed by atoms with Gasteiger partial charge in [0.1, 0.15) is 12.6 Å². The molecule has 0 aliphatic heterocycles. The van der Waals surface area contributed by atoms with Crippen LogP contribution >= 0.6 is 27.5 Å². The van der Waals surface area contributed by atoms with Gasteiger partial charge in [0, 0.05) is 22.6 Å². The number of halogens is 2. The van der Waals surface area contributed by atoms with Crippen molar-refractivity contribution in [3.05, 3.63) is 93.9 Å². The molecule has 3 rings (SSSR count). The van der Waals surface area contributed by atoms with E-state index >= 15 is 0 Å². The number of hydrogen-bond donors (Lipinski definition) is 1. The second kappa shape index (κ2) is 13.3. The van der Waals surface area contributed by atoms with E-state index in [1.165, 1.54) is 17.0 Å². The second-order valence-corrected chi connectivity index (χ2v) is 12.5. The van der Waals surface area contributed by atoms with Gasteiger partial charge in [-0.2, -0.15) is 0 Å². The minimum atomic E-state index is -4.09. The molecule has 3 aromatic rings. The maximum atomic E-state index is 13.8. The van der Waals surface area contributed by atoms with Crippen molar-refractivity contribution in [2.24, 2.45) is 5.92 Å². The topological polar surface area (TPSA) is 86.8 Å². The van der Waals surface area contributed by atoms with E-state index in [1.54, 1.807) is 73.7 Å². The fourth-order valence-corrected chi connectivity index (χ4v) is 5.50. The lowest BCUT2D eigenvalue weighted by atomic mass is 10.1. The van der Waals surface area contributed by atoms with Crippen LogP contribution < -0.4 is 9.62 Å². The molecular formula is C28H31BrClN3O4S. The fraction of sp³-hybridized carbons (Fsp3) is 0.286. The van der Waals surface area contributed by atoms with Crippen LogP contribution in [0.2, 0.25) is 5.02 Å². The first-order chi connectivity index (χ1) is 18.0. The Hall–Kier alpha value is -2.88. The van der Waals surface area contributed by atoms with Gasteiger partial charge in [0.25, 0.3) is 10.0 Å². The predicted molar refractivity (Wildman–Crippen MR) is 154 cm³/mol. The summed E-state index contributed by atoms with van der Waals surface area (Å²) < 4.78 is 29.2. The van der Waals surface area contributed by atoms with Crippen molar-refractivity contribution in [2.45, 2.75) is 38.3 Å². The Kier molecular flexibility index (Phi) is 10.4. The molecule has 38 heavy (non-hydrogen) atoms. The third kappa shape index (κ3) is 7.82. The monoisotopic (exact) mass is 619 g/mol. The second-order valence-electron chi connectivity index (χ2n) is 9.26. The predicted octanol–water partition coefficient (Wildman–Crippen LogP) is 5.49. The van der Waals surface area contributed by atoms with Crippen molar-refractivity contribution < 1.29 is 18.0 Å². The van der Waals surface area contributed by atoms with Crippen LogP contribution in [-0.4, -0.2) is 44.3 Å². The van der Waals surface area contributed by atoms with Gasteiger partial charge in [-0.05, 0) is 66.9 Å². The van der Waals surface area contributed by atoms with Crippen LogP contribution in [0.1, 0.15) is 26.3 Å². The van der Waals surface area contributed by atoms with E-state index in [9.17, 15) is 18.0 Å². The molecule has 0 heterocycles. The van der Waals surface area contributed by atoms with E-state index in [4.69, 9.17) is 11.6 Å². The summed E-state index contributed by atoms with van der Waals surface area (Å²) in [7, 11) is -4.09. The molecule has 0 saturated heterocycles. The van der Waals surface area contributed by atoms with E-state index in [0.717, 1.165) is 14.3 Å². The molecule has 0 spiro atoms. The normalized spacial score (nSPS) is 12.2. The maximum absolute atomic E-state index is 13.8. The molecule has 1 unspecified atom stereocenters. The SMILES string of the molecule is CC(C)CNC(=O)C(C)N(Cc1ccc(Cl)cc1)C(=O)CN(c1ccc(Br)cc1)S(=O)(=O)c1ccccc1. The molecule has 0 aliphatic carbocycles. The fourth-order valence-electron chi connectivity index (χ4n) is 3.68. The Morgan fingerprint density at radius 1 is 0.921 bits per heavy atom. The van der Waals surface area contributed by atoms with Gasteiger partial charge in [-0.3, -0.25) is 13.9 Å². The zero-order valence-electron chi connectivity index (χ0n) is 21.5. The lowest BCUT2D eigenvalue weighted by molar-refractivity contribution is -0.139. The molecule has 10 heteroatoms. The van der Waals surface area contributed by atoms with Crippen LogP contribution in [0.25, 0.3) is 0 Å². The highest BCUT2D eigenvalue weighted by Gasteiger charge is 2.32. The van der Waals surface area contributed by atoms with E-state index in [-0.39, 0.29) is 23.3 Å². The molecule has 0 aromatic heterocycles. The number of nitrogens with zero attached hydrogens (tertiary/aromatic N) is 2. The summed E-state index contributed by atoms with van der Waals surface area (Å²) in [4.78, 5) is 28.3. The molecular weight excluding hydrogens is 590 g/mol. The quantitative estimate of drug-likeness (QED) is 0.307. The number of carbonyl (C=O) groups is 2. The number of carbonyl (C=O) groups excluding carboxylic acids is 2. The molecule has 1 atom stereocenters. The average molecular weight is 621 g/mol. The van der Waals surface area contributed by atoms with Gasteiger partial charge in [-0.1, -0.05) is 71.7 Å². The largest absolute Gasteiger partial charge is 0.354 e. The highest BCUT2D eigenvalue weighted by atomic mass is 79.9. The molecule has 2 amide bonds. The number of benzene rings is 3. The summed E-state index contributed by atoms with van der Waals surface area (Å²) >= 11 is 9.40. The smallest absolute Gasteiger partial charge is 0.264 e. The molecule has 202 valence electrons. The van der Waals surface area contributed by atoms with E-state index in [1.807, 2.05) is 13.8 Å². The van der Waals surface area contributed by atoms with E-state index < -0.39 is 28.5 Å². The maximum Gasteiger partial charge on any atom is 0.264 e. The Morgan fingerprint density at radius 2 is 1.53 bits per heavy atom. The minimum Gasteiger partial charge on any atom is -0.354 e. The van der Waals surface area contributed by atoms with Gasteiger partial charge < -0.3 is 10.2 Å². The van der Waals surface area contributed by atoms with Gasteiger partial charge in [0.05, 0.1) is 10.6 Å². The van der Waals surface area contributed by atoms with Crippen molar-refractivity contribution in [1.29, 1.82) is 0 Å². The van der Waals surface area contributed by atoms with Crippen molar-refractivity contribution in [3.63, 3.8) is 0 Å². The number of sulfonamides is 1. The van der Waals surface area contributed by atoms with Crippen molar-refractivity contribution in [3.8, 4) is 0 Å². The summed E-state index contributed by atoms with van der Waals surface area (Å²) in [6.45, 7) is 5.66. The molecule has 3 aromatic carbocycles. The molecule has 0 fully saturated rings. The Bertz CT molecular complexity index is 1330. The van der Waals surface area contributed by atoms with Crippen LogP contribution in [0.15, 0.2) is 88.2 Å². The number of rotatable bonds is 11. The zero-order valence-corrected chi connectivity index (χ0v) is 24.6. The van der Waals surface area contributed by atoms with Crippen LogP contribution in [0, 0.1) is 5.92 Å². The summed E-state index contributed by atoms with van der Waals surface area (Å²) in [5, 5.41) is 3.41. The Balaban J connectivity index is 1.98. The third-order valence-corrected chi connectivity index (χ3v) is 8.41. The van der Waals surface area contributed by atoms with E-state index in [2.05, 4.69) is 21.2 Å². The first kappa shape index (κ1) is 29.7. The highest BCUT2D eigenvalue weighted by molar-refractivity contribution is 9.10. The van der Waals surface area contributed by atoms with Crippen molar-refractivity contribution in [1.82, 2.24) is 10.2 Å². The number of nitrogens with one attached hydrogen (secondary N) is 1. The lowest BCUT2D eigenvalue weighted by Crippen LogP contribution is -2.51. The van der Waals surface area contributed by atoms with Gasteiger partial charge in [-0.15, -0.1) is 0 Å². The molecule has 7 nitrogen and oxygen atoms in total. The summed E-state index contributed by atoms with van der Waals surface area (Å²) in [5.74, 6) is -0.604. The molecule has 1 N–H and O–H groups in total. The first-order valence-electron chi connectivity index (χ1n) is 12.1. The Morgan fingerprint density at radius 3 is 2.11 bits per heavy atom. The lowest BCUT2D eigenvalue weighted by Gasteiger charge is -2.32. The van der Waals surface area contributed by atoms with Gasteiger partial charge in [0.2, 0.25) is 11.8 Å². The number of anilines is 1. The average Bonchev–Trinajstić information content (AvgIpc) is 2.90. The van der Waals surface area contributed by atoms with Gasteiger partial charge in [-0.25, -0.2) is 8.42 Å².